The lowest BCUT2D eigenvalue weighted by molar-refractivity contribution is -0.124. The fraction of sp³-hybridized carbons (Fsp3) is 0.167. The Labute approximate surface area is 168 Å². The summed E-state index contributed by atoms with van der Waals surface area (Å²) >= 11 is 0. The molecule has 1 amide bonds. The molecule has 0 unspecified atom stereocenters. The summed E-state index contributed by atoms with van der Waals surface area (Å²) in [5.41, 5.74) is 2.98. The highest BCUT2D eigenvalue weighted by Gasteiger charge is 2.28. The number of carbonyl (C=O) groups excluding carboxylic acids is 2. The zero-order valence-electron chi connectivity index (χ0n) is 16.0. The molecule has 0 saturated heterocycles. The SMILES string of the molecule is C[C@@H](Oc1ccc(C(=O)c2ccc(F)cc2)cc1)C(=O)N1CCc2ccccc21. The highest BCUT2D eigenvalue weighted by Crippen LogP contribution is 2.28. The zero-order chi connectivity index (χ0) is 20.4. The largest absolute Gasteiger partial charge is 0.481 e. The summed E-state index contributed by atoms with van der Waals surface area (Å²) in [7, 11) is 0. The molecule has 0 spiro atoms. The minimum absolute atomic E-state index is 0.0959. The molecule has 3 aromatic carbocycles. The molecule has 0 aromatic heterocycles. The van der Waals surface area contributed by atoms with E-state index in [1.807, 2.05) is 24.3 Å². The van der Waals surface area contributed by atoms with E-state index in [1.165, 1.54) is 24.3 Å². The summed E-state index contributed by atoms with van der Waals surface area (Å²) in [6.45, 7) is 2.37. The molecule has 5 heteroatoms. The summed E-state index contributed by atoms with van der Waals surface area (Å²) in [4.78, 5) is 27.0. The standard InChI is InChI=1S/C24H20FNO3/c1-16(24(28)26-15-14-17-4-2-3-5-22(17)26)29-21-12-8-19(9-13-21)23(27)18-6-10-20(25)11-7-18/h2-13,16H,14-15H2,1H3/t16-/m1/s1. The van der Waals surface area contributed by atoms with E-state index in [9.17, 15) is 14.0 Å². The van der Waals surface area contributed by atoms with Gasteiger partial charge in [-0.25, -0.2) is 4.39 Å². The first-order valence-corrected chi connectivity index (χ1v) is 9.49. The van der Waals surface area contributed by atoms with Crippen LogP contribution >= 0.6 is 0 Å². The van der Waals surface area contributed by atoms with Gasteiger partial charge < -0.3 is 9.64 Å². The third kappa shape index (κ3) is 3.90. The number of halogens is 1. The Balaban J connectivity index is 1.43. The number of hydrogen-bond donors (Lipinski definition) is 0. The van der Waals surface area contributed by atoms with Crippen molar-refractivity contribution in [3.63, 3.8) is 0 Å². The quantitative estimate of drug-likeness (QED) is 0.607. The second kappa shape index (κ2) is 7.87. The van der Waals surface area contributed by atoms with Crippen molar-refractivity contribution in [1.29, 1.82) is 0 Å². The van der Waals surface area contributed by atoms with E-state index in [2.05, 4.69) is 0 Å². The van der Waals surface area contributed by atoms with E-state index in [0.29, 0.717) is 23.4 Å². The Bertz CT molecular complexity index is 1040. The summed E-state index contributed by atoms with van der Waals surface area (Å²) < 4.78 is 18.8. The van der Waals surface area contributed by atoms with Crippen LogP contribution in [-0.4, -0.2) is 24.3 Å². The zero-order valence-corrected chi connectivity index (χ0v) is 16.0. The maximum Gasteiger partial charge on any atom is 0.267 e. The molecule has 0 radical (unpaired) electrons. The van der Waals surface area contributed by atoms with Crippen molar-refractivity contribution < 1.29 is 18.7 Å². The molecule has 0 saturated carbocycles. The van der Waals surface area contributed by atoms with Crippen LogP contribution in [0.15, 0.2) is 72.8 Å². The predicted molar refractivity (Wildman–Crippen MR) is 109 cm³/mol. The molecule has 4 rings (SSSR count). The van der Waals surface area contributed by atoms with E-state index in [1.54, 1.807) is 36.1 Å². The van der Waals surface area contributed by atoms with Gasteiger partial charge in [-0.15, -0.1) is 0 Å². The summed E-state index contributed by atoms with van der Waals surface area (Å²) in [6.07, 6.45) is 0.189. The molecule has 0 fully saturated rings. The minimum atomic E-state index is -0.653. The molecule has 3 aromatic rings. The molecule has 4 nitrogen and oxygen atoms in total. The van der Waals surface area contributed by atoms with Gasteiger partial charge in [0.05, 0.1) is 0 Å². The maximum atomic E-state index is 13.0. The fourth-order valence-corrected chi connectivity index (χ4v) is 3.49. The number of ether oxygens (including phenoxy) is 1. The van der Waals surface area contributed by atoms with E-state index in [-0.39, 0.29) is 17.5 Å². The Morgan fingerprint density at radius 2 is 1.55 bits per heavy atom. The van der Waals surface area contributed by atoms with Gasteiger partial charge in [0.1, 0.15) is 11.6 Å². The minimum Gasteiger partial charge on any atom is -0.481 e. The van der Waals surface area contributed by atoms with Crippen LogP contribution in [0.1, 0.15) is 28.4 Å². The third-order valence-corrected chi connectivity index (χ3v) is 5.04. The lowest BCUT2D eigenvalue weighted by Crippen LogP contribution is -2.39. The molecule has 1 aliphatic heterocycles. The van der Waals surface area contributed by atoms with Gasteiger partial charge in [0.25, 0.3) is 5.91 Å². The number of amides is 1. The third-order valence-electron chi connectivity index (χ3n) is 5.04. The average molecular weight is 389 g/mol. The van der Waals surface area contributed by atoms with Gasteiger partial charge in [-0.05, 0) is 73.5 Å². The lowest BCUT2D eigenvalue weighted by Gasteiger charge is -2.22. The summed E-state index contributed by atoms with van der Waals surface area (Å²) in [5.74, 6) is -0.172. The van der Waals surface area contributed by atoms with Crippen LogP contribution in [0.25, 0.3) is 0 Å². The molecule has 0 N–H and O–H groups in total. The van der Waals surface area contributed by atoms with E-state index in [4.69, 9.17) is 4.74 Å². The highest BCUT2D eigenvalue weighted by molar-refractivity contribution is 6.09. The van der Waals surface area contributed by atoms with Crippen molar-refractivity contribution in [2.75, 3.05) is 11.4 Å². The maximum absolute atomic E-state index is 13.0. The van der Waals surface area contributed by atoms with Crippen LogP contribution in [0, 0.1) is 5.82 Å². The molecule has 0 aliphatic carbocycles. The first-order chi connectivity index (χ1) is 14.0. The van der Waals surface area contributed by atoms with Gasteiger partial charge in [-0.2, -0.15) is 0 Å². The Morgan fingerprint density at radius 3 is 2.24 bits per heavy atom. The summed E-state index contributed by atoms with van der Waals surface area (Å²) in [6, 6.07) is 19.9. The van der Waals surface area contributed by atoms with Crippen molar-refractivity contribution in [1.82, 2.24) is 0 Å². The van der Waals surface area contributed by atoms with Gasteiger partial charge in [0, 0.05) is 23.4 Å². The Hall–Kier alpha value is -3.47. The Morgan fingerprint density at radius 1 is 0.931 bits per heavy atom. The number of benzene rings is 3. The Kier molecular flexibility index (Phi) is 5.12. The average Bonchev–Trinajstić information content (AvgIpc) is 3.18. The molecule has 1 heterocycles. The normalized spacial score (nSPS) is 13.7. The van der Waals surface area contributed by atoms with Crippen LogP contribution in [0.4, 0.5) is 10.1 Å². The first-order valence-electron chi connectivity index (χ1n) is 9.49. The van der Waals surface area contributed by atoms with Crippen LogP contribution in [0.2, 0.25) is 0 Å². The number of nitrogens with zero attached hydrogens (tertiary/aromatic N) is 1. The van der Waals surface area contributed by atoms with Crippen molar-refractivity contribution in [3.05, 3.63) is 95.3 Å². The molecular formula is C24H20FNO3. The van der Waals surface area contributed by atoms with Gasteiger partial charge in [-0.3, -0.25) is 9.59 Å². The van der Waals surface area contributed by atoms with E-state index >= 15 is 0 Å². The highest BCUT2D eigenvalue weighted by atomic mass is 19.1. The molecule has 1 aliphatic rings. The predicted octanol–water partition coefficient (Wildman–Crippen LogP) is 4.41. The molecule has 146 valence electrons. The smallest absolute Gasteiger partial charge is 0.267 e. The van der Waals surface area contributed by atoms with Gasteiger partial charge in [0.15, 0.2) is 11.9 Å². The van der Waals surface area contributed by atoms with Crippen molar-refractivity contribution in [2.24, 2.45) is 0 Å². The number of carbonyl (C=O) groups is 2. The first kappa shape index (κ1) is 18.9. The molecule has 29 heavy (non-hydrogen) atoms. The number of rotatable bonds is 5. The second-order valence-corrected chi connectivity index (χ2v) is 6.99. The molecule has 1 atom stereocenters. The van der Waals surface area contributed by atoms with E-state index < -0.39 is 6.10 Å². The van der Waals surface area contributed by atoms with Gasteiger partial charge in [0.2, 0.25) is 0 Å². The second-order valence-electron chi connectivity index (χ2n) is 6.99. The monoisotopic (exact) mass is 389 g/mol. The van der Waals surface area contributed by atoms with Crippen LogP contribution in [0.3, 0.4) is 0 Å². The van der Waals surface area contributed by atoms with Crippen molar-refractivity contribution in [2.45, 2.75) is 19.4 Å². The van der Waals surface area contributed by atoms with Crippen molar-refractivity contribution in [3.8, 4) is 5.75 Å². The van der Waals surface area contributed by atoms with Crippen LogP contribution in [0.5, 0.6) is 5.75 Å². The van der Waals surface area contributed by atoms with Crippen LogP contribution < -0.4 is 9.64 Å². The summed E-state index contributed by atoms with van der Waals surface area (Å²) in [5, 5.41) is 0. The van der Waals surface area contributed by atoms with Crippen LogP contribution in [-0.2, 0) is 11.2 Å². The molecule has 0 bridgehead atoms. The molecular weight excluding hydrogens is 369 g/mol. The fourth-order valence-electron chi connectivity index (χ4n) is 3.49. The van der Waals surface area contributed by atoms with Crippen molar-refractivity contribution >= 4 is 17.4 Å². The number of anilines is 1. The number of fused-ring (bicyclic) bond motifs is 1. The number of hydrogen-bond acceptors (Lipinski definition) is 3. The number of ketones is 1. The van der Waals surface area contributed by atoms with E-state index in [0.717, 1.165) is 17.7 Å². The van der Waals surface area contributed by atoms with Gasteiger partial charge >= 0.3 is 0 Å². The number of para-hydroxylation sites is 1. The lowest BCUT2D eigenvalue weighted by atomic mass is 10.0. The topological polar surface area (TPSA) is 46.6 Å². The van der Waals surface area contributed by atoms with Gasteiger partial charge in [-0.1, -0.05) is 18.2 Å².